The van der Waals surface area contributed by atoms with Crippen molar-refractivity contribution in [2.24, 2.45) is 0 Å². The van der Waals surface area contributed by atoms with E-state index in [1.165, 1.54) is 49.9 Å². The summed E-state index contributed by atoms with van der Waals surface area (Å²) in [6.45, 7) is 0.694. The molecule has 0 spiro atoms. The molecule has 0 bridgehead atoms. The lowest BCUT2D eigenvalue weighted by Gasteiger charge is -2.05. The summed E-state index contributed by atoms with van der Waals surface area (Å²) in [6.07, 6.45) is 10.8. The second-order valence-electron chi connectivity index (χ2n) is 7.16. The molecule has 0 unspecified atom stereocenters. The van der Waals surface area contributed by atoms with Crippen molar-refractivity contribution in [1.29, 1.82) is 5.26 Å². The summed E-state index contributed by atoms with van der Waals surface area (Å²) in [5.74, 6) is 0. The third kappa shape index (κ3) is 4.15. The van der Waals surface area contributed by atoms with Crippen molar-refractivity contribution >= 4 is 37.7 Å². The van der Waals surface area contributed by atoms with Gasteiger partial charge in [-0.15, -0.1) is 0 Å². The van der Waals surface area contributed by atoms with Gasteiger partial charge in [0.2, 0.25) is 0 Å². The third-order valence-corrected chi connectivity index (χ3v) is 5.92. The molecule has 1 fully saturated rings. The van der Waals surface area contributed by atoms with Gasteiger partial charge in [-0.2, -0.15) is 5.26 Å². The Morgan fingerprint density at radius 1 is 1.00 bits per heavy atom. The highest BCUT2D eigenvalue weighted by atomic mass is 32.1. The maximum Gasteiger partial charge on any atom is 0.181 e. The summed E-state index contributed by atoms with van der Waals surface area (Å²) in [5, 5.41) is 9.62. The van der Waals surface area contributed by atoms with Crippen LogP contribution in [-0.2, 0) is 6.54 Å². The maximum atomic E-state index is 9.04. The van der Waals surface area contributed by atoms with Crippen molar-refractivity contribution in [3.05, 3.63) is 53.9 Å². The normalized spacial score (nSPS) is 13.8. The van der Waals surface area contributed by atoms with Crippen LogP contribution in [-0.4, -0.2) is 14.5 Å². The number of rotatable bonds is 2. The highest BCUT2D eigenvalue weighted by molar-refractivity contribution is 7.22. The molecule has 4 aromatic rings. The van der Waals surface area contributed by atoms with Crippen LogP contribution in [0.2, 0.25) is 0 Å². The summed E-state index contributed by atoms with van der Waals surface area (Å²) < 4.78 is 3.12. The van der Waals surface area contributed by atoms with Crippen molar-refractivity contribution in [3.63, 3.8) is 0 Å². The molecule has 142 valence electrons. The fourth-order valence-corrected chi connectivity index (χ4v) is 4.39. The first-order chi connectivity index (χ1) is 13.7. The molecule has 6 heteroatoms. The Kier molecular flexibility index (Phi) is 5.54. The van der Waals surface area contributed by atoms with Gasteiger partial charge >= 0.3 is 0 Å². The Bertz CT molecular complexity index is 1120. The molecule has 0 atom stereocenters. The van der Waals surface area contributed by atoms with Crippen LogP contribution in [0.5, 0.6) is 0 Å². The Hall–Kier alpha value is -2.91. The molecule has 5 rings (SSSR count). The molecular formula is C22H23N5S. The van der Waals surface area contributed by atoms with Crippen LogP contribution in [0.1, 0.15) is 49.7 Å². The molecule has 0 radical (unpaired) electrons. The Balaban J connectivity index is 0.000000275. The lowest BCUT2D eigenvalue weighted by Crippen LogP contribution is -1.97. The molecule has 1 saturated carbocycles. The number of anilines is 1. The number of thiazole rings is 1. The molecule has 2 aromatic carbocycles. The predicted octanol–water partition coefficient (Wildman–Crippen LogP) is 5.49. The van der Waals surface area contributed by atoms with E-state index >= 15 is 0 Å². The van der Waals surface area contributed by atoms with Crippen LogP contribution in [0.3, 0.4) is 0 Å². The first kappa shape index (κ1) is 18.5. The van der Waals surface area contributed by atoms with Gasteiger partial charge in [0, 0.05) is 6.54 Å². The number of nitrogens with zero attached hydrogens (tertiary/aromatic N) is 4. The number of fused-ring (bicyclic) bond motifs is 2. The molecule has 0 amide bonds. The summed E-state index contributed by atoms with van der Waals surface area (Å²) in [4.78, 5) is 8.65. The molecule has 2 heterocycles. The number of imidazole rings is 1. The molecule has 0 aliphatic heterocycles. The van der Waals surface area contributed by atoms with Crippen molar-refractivity contribution < 1.29 is 0 Å². The van der Waals surface area contributed by atoms with Gasteiger partial charge in [-0.1, -0.05) is 55.9 Å². The van der Waals surface area contributed by atoms with E-state index in [-0.39, 0.29) is 0 Å². The minimum Gasteiger partial charge on any atom is -0.375 e. The molecule has 2 N–H and O–H groups in total. The Morgan fingerprint density at radius 3 is 2.43 bits per heavy atom. The van der Waals surface area contributed by atoms with Gasteiger partial charge < -0.3 is 10.3 Å². The zero-order valence-electron chi connectivity index (χ0n) is 15.8. The minimum absolute atomic E-state index is 0.582. The zero-order valence-corrected chi connectivity index (χ0v) is 16.6. The van der Waals surface area contributed by atoms with Gasteiger partial charge in [-0.25, -0.2) is 9.97 Å². The number of benzene rings is 2. The van der Waals surface area contributed by atoms with E-state index in [0.29, 0.717) is 17.2 Å². The molecule has 1 aliphatic carbocycles. The first-order valence-electron chi connectivity index (χ1n) is 9.73. The largest absolute Gasteiger partial charge is 0.375 e. The van der Waals surface area contributed by atoms with Crippen molar-refractivity contribution in [3.8, 4) is 6.07 Å². The minimum atomic E-state index is 0.582. The fraction of sp³-hybridized carbons (Fsp3) is 0.318. The molecule has 5 nitrogen and oxygen atoms in total. The average molecular weight is 390 g/mol. The van der Waals surface area contributed by atoms with E-state index in [2.05, 4.69) is 22.1 Å². The number of aromatic nitrogens is 3. The Morgan fingerprint density at radius 2 is 1.71 bits per heavy atom. The van der Waals surface area contributed by atoms with E-state index in [0.717, 1.165) is 26.8 Å². The van der Waals surface area contributed by atoms with Gasteiger partial charge in [-0.3, -0.25) is 0 Å². The van der Waals surface area contributed by atoms with Crippen molar-refractivity contribution in [2.75, 3.05) is 5.73 Å². The van der Waals surface area contributed by atoms with Crippen molar-refractivity contribution in [2.45, 2.75) is 45.1 Å². The molecule has 2 aromatic heterocycles. The highest BCUT2D eigenvalue weighted by Gasteiger charge is 2.07. The van der Waals surface area contributed by atoms with Crippen molar-refractivity contribution in [1.82, 2.24) is 14.5 Å². The summed E-state index contributed by atoms with van der Waals surface area (Å²) >= 11 is 1.49. The van der Waals surface area contributed by atoms with Crippen LogP contribution in [0.15, 0.2) is 42.7 Å². The maximum absolute atomic E-state index is 9.04. The zero-order chi connectivity index (χ0) is 19.3. The predicted molar refractivity (Wildman–Crippen MR) is 115 cm³/mol. The van der Waals surface area contributed by atoms with E-state index in [9.17, 15) is 0 Å². The second kappa shape index (κ2) is 8.41. The van der Waals surface area contributed by atoms with Crippen LogP contribution >= 0.6 is 11.3 Å². The molecule has 1 aliphatic rings. The lowest BCUT2D eigenvalue weighted by molar-refractivity contribution is 0.504. The summed E-state index contributed by atoms with van der Waals surface area (Å²) in [6, 6.07) is 13.8. The van der Waals surface area contributed by atoms with E-state index in [1.54, 1.807) is 12.4 Å². The number of nitrogen functional groups attached to an aromatic ring is 1. The third-order valence-electron chi connectivity index (χ3n) is 5.07. The fourth-order valence-electron chi connectivity index (χ4n) is 3.59. The topological polar surface area (TPSA) is 80.5 Å². The standard InChI is InChI=1S/C16H11N5S.C6H12/c17-7-10-1-3-12-14(5-10)21(9-19-12)8-11-2-4-13-15(6-11)22-16(18)20-13;1-2-4-6-5-3-1/h1-6,9H,8H2,(H2,18,20);1-6H2. The number of nitriles is 1. The van der Waals surface area contributed by atoms with E-state index < -0.39 is 0 Å². The van der Waals surface area contributed by atoms with Crippen LogP contribution in [0.25, 0.3) is 21.3 Å². The van der Waals surface area contributed by atoms with E-state index in [1.807, 2.05) is 28.8 Å². The van der Waals surface area contributed by atoms with Crippen LogP contribution in [0, 0.1) is 11.3 Å². The summed E-state index contributed by atoms with van der Waals surface area (Å²) in [5.41, 5.74) is 10.3. The van der Waals surface area contributed by atoms with Crippen LogP contribution < -0.4 is 5.73 Å². The van der Waals surface area contributed by atoms with Gasteiger partial charge in [0.05, 0.1) is 39.2 Å². The number of hydrogen-bond donors (Lipinski definition) is 1. The smallest absolute Gasteiger partial charge is 0.181 e. The SMILES string of the molecule is C1CCCCC1.N#Cc1ccc2ncn(Cc3ccc4nc(N)sc4c3)c2c1. The average Bonchev–Trinajstić information content (AvgIpc) is 3.31. The first-order valence-corrected chi connectivity index (χ1v) is 10.5. The summed E-state index contributed by atoms with van der Waals surface area (Å²) in [7, 11) is 0. The second-order valence-corrected chi connectivity index (χ2v) is 8.23. The highest BCUT2D eigenvalue weighted by Crippen LogP contribution is 2.25. The Labute approximate surface area is 168 Å². The molecular weight excluding hydrogens is 366 g/mol. The number of nitrogens with two attached hydrogens (primary N) is 1. The number of hydrogen-bond acceptors (Lipinski definition) is 5. The van der Waals surface area contributed by atoms with Gasteiger partial charge in [-0.05, 0) is 35.9 Å². The van der Waals surface area contributed by atoms with Gasteiger partial charge in [0.25, 0.3) is 0 Å². The van der Waals surface area contributed by atoms with Gasteiger partial charge in [0.15, 0.2) is 5.13 Å². The van der Waals surface area contributed by atoms with Crippen LogP contribution in [0.4, 0.5) is 5.13 Å². The molecule has 0 saturated heterocycles. The van der Waals surface area contributed by atoms with E-state index in [4.69, 9.17) is 11.0 Å². The lowest BCUT2D eigenvalue weighted by atomic mass is 10.0. The molecule has 28 heavy (non-hydrogen) atoms. The van der Waals surface area contributed by atoms with Gasteiger partial charge in [0.1, 0.15) is 0 Å². The monoisotopic (exact) mass is 389 g/mol. The quantitative estimate of drug-likeness (QED) is 0.491.